The summed E-state index contributed by atoms with van der Waals surface area (Å²) in [6.07, 6.45) is 0. The quantitative estimate of drug-likeness (QED) is 0.786. The minimum absolute atomic E-state index is 0.276. The smallest absolute Gasteiger partial charge is 0.0766 e. The summed E-state index contributed by atoms with van der Waals surface area (Å²) in [5.41, 5.74) is -0.614. The molecule has 1 heterocycles. The molecule has 1 aromatic heterocycles. The highest BCUT2D eigenvalue weighted by Gasteiger charge is 2.23. The fourth-order valence-corrected chi connectivity index (χ4v) is 1.73. The summed E-state index contributed by atoms with van der Waals surface area (Å²) in [6, 6.07) is 4.14. The molecule has 0 aromatic carbocycles. The average molecular weight is 213 g/mol. The van der Waals surface area contributed by atoms with Gasteiger partial charge in [-0.05, 0) is 24.3 Å². The lowest BCUT2D eigenvalue weighted by atomic mass is 9.93. The SMILES string of the molecule is CC(C)C(C)(O)CNCc1cccs1. The van der Waals surface area contributed by atoms with Crippen molar-refractivity contribution < 1.29 is 5.11 Å². The molecular weight excluding hydrogens is 194 g/mol. The van der Waals surface area contributed by atoms with E-state index in [1.165, 1.54) is 4.88 Å². The molecule has 0 amide bonds. The third kappa shape index (κ3) is 3.40. The Kier molecular flexibility index (Phi) is 4.11. The first kappa shape index (κ1) is 11.7. The summed E-state index contributed by atoms with van der Waals surface area (Å²) in [6.45, 7) is 7.43. The molecule has 0 aliphatic heterocycles. The number of thiophene rings is 1. The van der Waals surface area contributed by atoms with Gasteiger partial charge in [0.15, 0.2) is 0 Å². The molecule has 14 heavy (non-hydrogen) atoms. The van der Waals surface area contributed by atoms with Crippen molar-refractivity contribution in [2.75, 3.05) is 6.54 Å². The zero-order chi connectivity index (χ0) is 10.6. The van der Waals surface area contributed by atoms with Gasteiger partial charge in [-0.1, -0.05) is 19.9 Å². The third-order valence-electron chi connectivity index (χ3n) is 2.61. The minimum Gasteiger partial charge on any atom is -0.389 e. The van der Waals surface area contributed by atoms with Crippen LogP contribution in [0, 0.1) is 5.92 Å². The molecule has 0 saturated carbocycles. The van der Waals surface area contributed by atoms with Gasteiger partial charge < -0.3 is 10.4 Å². The first-order valence-corrected chi connectivity index (χ1v) is 5.86. The standard InChI is InChI=1S/C11H19NOS/c1-9(2)11(3,13)8-12-7-10-5-4-6-14-10/h4-6,9,12-13H,7-8H2,1-3H3. The lowest BCUT2D eigenvalue weighted by Gasteiger charge is -2.27. The number of nitrogens with one attached hydrogen (secondary N) is 1. The van der Waals surface area contributed by atoms with Gasteiger partial charge in [0.2, 0.25) is 0 Å². The Hall–Kier alpha value is -0.380. The molecule has 1 aromatic rings. The van der Waals surface area contributed by atoms with Crippen molar-refractivity contribution in [2.45, 2.75) is 32.9 Å². The highest BCUT2D eigenvalue weighted by molar-refractivity contribution is 7.09. The van der Waals surface area contributed by atoms with Crippen molar-refractivity contribution in [3.63, 3.8) is 0 Å². The second-order valence-corrected chi connectivity index (χ2v) is 5.23. The van der Waals surface area contributed by atoms with Gasteiger partial charge in [0.25, 0.3) is 0 Å². The average Bonchev–Trinajstić information content (AvgIpc) is 2.56. The summed E-state index contributed by atoms with van der Waals surface area (Å²) in [4.78, 5) is 1.31. The van der Waals surface area contributed by atoms with Crippen LogP contribution in [0.1, 0.15) is 25.6 Å². The predicted octanol–water partition coefficient (Wildman–Crippen LogP) is 2.24. The minimum atomic E-state index is -0.614. The third-order valence-corrected chi connectivity index (χ3v) is 3.48. The monoisotopic (exact) mass is 213 g/mol. The number of rotatable bonds is 5. The highest BCUT2D eigenvalue weighted by atomic mass is 32.1. The van der Waals surface area contributed by atoms with E-state index in [2.05, 4.69) is 16.8 Å². The van der Waals surface area contributed by atoms with Crippen LogP contribution < -0.4 is 5.32 Å². The van der Waals surface area contributed by atoms with E-state index in [-0.39, 0.29) is 5.92 Å². The predicted molar refractivity (Wildman–Crippen MR) is 61.5 cm³/mol. The van der Waals surface area contributed by atoms with Crippen LogP contribution in [0.4, 0.5) is 0 Å². The first-order chi connectivity index (χ1) is 6.52. The van der Waals surface area contributed by atoms with Crippen molar-refractivity contribution in [1.82, 2.24) is 5.32 Å². The molecule has 0 bridgehead atoms. The Balaban J connectivity index is 2.28. The molecule has 1 rings (SSSR count). The summed E-state index contributed by atoms with van der Waals surface area (Å²) >= 11 is 1.74. The molecule has 80 valence electrons. The summed E-state index contributed by atoms with van der Waals surface area (Å²) in [5.74, 6) is 0.276. The van der Waals surface area contributed by atoms with E-state index in [0.29, 0.717) is 6.54 Å². The van der Waals surface area contributed by atoms with E-state index in [1.54, 1.807) is 11.3 Å². The molecule has 3 heteroatoms. The molecule has 0 radical (unpaired) electrons. The molecule has 2 nitrogen and oxygen atoms in total. The van der Waals surface area contributed by atoms with Crippen LogP contribution in [-0.2, 0) is 6.54 Å². The fraction of sp³-hybridized carbons (Fsp3) is 0.636. The van der Waals surface area contributed by atoms with Crippen molar-refractivity contribution in [3.05, 3.63) is 22.4 Å². The Bertz CT molecular complexity index is 254. The van der Waals surface area contributed by atoms with Gasteiger partial charge in [-0.15, -0.1) is 11.3 Å². The molecule has 0 saturated heterocycles. The van der Waals surface area contributed by atoms with Crippen molar-refractivity contribution in [3.8, 4) is 0 Å². The zero-order valence-corrected chi connectivity index (χ0v) is 9.90. The molecule has 0 spiro atoms. The van der Waals surface area contributed by atoms with Crippen LogP contribution in [0.2, 0.25) is 0 Å². The Morgan fingerprint density at radius 1 is 1.57 bits per heavy atom. The second-order valence-electron chi connectivity index (χ2n) is 4.19. The molecule has 0 fully saturated rings. The van der Waals surface area contributed by atoms with Crippen molar-refractivity contribution >= 4 is 11.3 Å². The first-order valence-electron chi connectivity index (χ1n) is 4.98. The van der Waals surface area contributed by atoms with E-state index in [4.69, 9.17) is 0 Å². The Morgan fingerprint density at radius 3 is 2.79 bits per heavy atom. The van der Waals surface area contributed by atoms with E-state index in [1.807, 2.05) is 26.8 Å². The Labute approximate surface area is 90.0 Å². The highest BCUT2D eigenvalue weighted by Crippen LogP contribution is 2.15. The maximum Gasteiger partial charge on any atom is 0.0766 e. The maximum absolute atomic E-state index is 9.96. The second kappa shape index (κ2) is 4.91. The molecular formula is C11H19NOS. The van der Waals surface area contributed by atoms with Gasteiger partial charge in [-0.2, -0.15) is 0 Å². The largest absolute Gasteiger partial charge is 0.389 e. The number of aliphatic hydroxyl groups is 1. The van der Waals surface area contributed by atoms with Gasteiger partial charge in [-0.25, -0.2) is 0 Å². The van der Waals surface area contributed by atoms with Crippen molar-refractivity contribution in [2.24, 2.45) is 5.92 Å². The van der Waals surface area contributed by atoms with E-state index < -0.39 is 5.60 Å². The van der Waals surface area contributed by atoms with Gasteiger partial charge in [-0.3, -0.25) is 0 Å². The van der Waals surface area contributed by atoms with Crippen LogP contribution in [0.15, 0.2) is 17.5 Å². The molecule has 2 N–H and O–H groups in total. The van der Waals surface area contributed by atoms with Gasteiger partial charge in [0.1, 0.15) is 0 Å². The van der Waals surface area contributed by atoms with Crippen LogP contribution in [0.25, 0.3) is 0 Å². The molecule has 0 aliphatic carbocycles. The zero-order valence-electron chi connectivity index (χ0n) is 9.08. The van der Waals surface area contributed by atoms with Crippen LogP contribution in [-0.4, -0.2) is 17.3 Å². The lowest BCUT2D eigenvalue weighted by molar-refractivity contribution is 0.0140. The van der Waals surface area contributed by atoms with Crippen LogP contribution in [0.3, 0.4) is 0 Å². The van der Waals surface area contributed by atoms with Crippen LogP contribution in [0.5, 0.6) is 0 Å². The normalized spacial score (nSPS) is 15.8. The van der Waals surface area contributed by atoms with E-state index >= 15 is 0 Å². The molecule has 1 unspecified atom stereocenters. The van der Waals surface area contributed by atoms with Gasteiger partial charge >= 0.3 is 0 Å². The number of hydrogen-bond donors (Lipinski definition) is 2. The fourth-order valence-electron chi connectivity index (χ4n) is 1.06. The van der Waals surface area contributed by atoms with E-state index in [0.717, 1.165) is 6.54 Å². The number of hydrogen-bond acceptors (Lipinski definition) is 3. The topological polar surface area (TPSA) is 32.3 Å². The molecule has 1 atom stereocenters. The summed E-state index contributed by atoms with van der Waals surface area (Å²) < 4.78 is 0. The molecule has 0 aliphatic rings. The summed E-state index contributed by atoms with van der Waals surface area (Å²) in [5, 5.41) is 15.3. The lowest BCUT2D eigenvalue weighted by Crippen LogP contribution is -2.41. The maximum atomic E-state index is 9.96. The van der Waals surface area contributed by atoms with Gasteiger partial charge in [0, 0.05) is 18.0 Å². The van der Waals surface area contributed by atoms with E-state index in [9.17, 15) is 5.11 Å². The van der Waals surface area contributed by atoms with Gasteiger partial charge in [0.05, 0.1) is 5.60 Å². The Morgan fingerprint density at radius 2 is 2.29 bits per heavy atom. The van der Waals surface area contributed by atoms with Crippen LogP contribution >= 0.6 is 11.3 Å². The van der Waals surface area contributed by atoms with Crippen molar-refractivity contribution in [1.29, 1.82) is 0 Å². The summed E-state index contributed by atoms with van der Waals surface area (Å²) in [7, 11) is 0.